The van der Waals surface area contributed by atoms with Gasteiger partial charge in [-0.1, -0.05) is 24.3 Å². The zero-order valence-electron chi connectivity index (χ0n) is 24.6. The minimum absolute atomic E-state index is 0.136. The first kappa shape index (κ1) is 29.1. The molecule has 10 nitrogen and oxygen atoms in total. The van der Waals surface area contributed by atoms with Crippen LogP contribution in [0, 0.1) is 17.3 Å². The van der Waals surface area contributed by atoms with E-state index in [0.717, 1.165) is 30.5 Å². The third kappa shape index (κ3) is 4.64. The Kier molecular flexibility index (Phi) is 7.40. The number of phenolic OH excluding ortho intramolecular Hbond substituents is 1. The first-order valence-corrected chi connectivity index (χ1v) is 14.7. The maximum absolute atomic E-state index is 14.5. The number of nitrogens with zero attached hydrogens (tertiary/aromatic N) is 2. The quantitative estimate of drug-likeness (QED) is 0.433. The molecule has 3 aliphatic carbocycles. The SMILES string of the molecule is CN(C)[C@@H]1C(=O)C(C(N)=O)=C(O)[C@@]2(C)C(Oc3ccccc3)=C3C(=O)c4c(O)ccc(CN5CCCCO5)c4C[C@H]3C[C@@H]12. The third-order valence-corrected chi connectivity index (χ3v) is 9.53. The first-order chi connectivity index (χ1) is 20.5. The summed E-state index contributed by atoms with van der Waals surface area (Å²) < 4.78 is 6.51. The van der Waals surface area contributed by atoms with Crippen molar-refractivity contribution >= 4 is 17.5 Å². The summed E-state index contributed by atoms with van der Waals surface area (Å²) in [6.07, 6.45) is 2.79. The number of carbonyl (C=O) groups excluding carboxylic acids is 3. The number of phenols is 1. The molecular weight excluding hydrogens is 550 g/mol. The summed E-state index contributed by atoms with van der Waals surface area (Å²) in [4.78, 5) is 48.4. The number of hydrogen-bond donors (Lipinski definition) is 3. The molecule has 4 aliphatic rings. The number of hydrogen-bond acceptors (Lipinski definition) is 9. The van der Waals surface area contributed by atoms with Crippen molar-refractivity contribution in [3.05, 3.63) is 81.8 Å². The van der Waals surface area contributed by atoms with Crippen LogP contribution in [0.3, 0.4) is 0 Å². The number of ketones is 2. The molecule has 4 N–H and O–H groups in total. The van der Waals surface area contributed by atoms with Crippen molar-refractivity contribution < 1.29 is 34.2 Å². The second kappa shape index (κ2) is 10.9. The number of aromatic hydroxyl groups is 1. The Morgan fingerprint density at radius 2 is 1.88 bits per heavy atom. The normalized spacial score (nSPS) is 27.6. The highest BCUT2D eigenvalue weighted by atomic mass is 16.7. The highest BCUT2D eigenvalue weighted by Crippen LogP contribution is 2.58. The minimum Gasteiger partial charge on any atom is -0.510 e. The van der Waals surface area contributed by atoms with Gasteiger partial charge in [0, 0.05) is 24.6 Å². The van der Waals surface area contributed by atoms with Crippen LogP contribution in [0.15, 0.2) is 65.1 Å². The summed E-state index contributed by atoms with van der Waals surface area (Å²) in [5, 5.41) is 24.6. The molecule has 0 radical (unpaired) electrons. The lowest BCUT2D eigenvalue weighted by Crippen LogP contribution is -2.59. The van der Waals surface area contributed by atoms with E-state index in [1.165, 1.54) is 6.07 Å². The minimum atomic E-state index is -1.43. The molecule has 1 amide bonds. The average Bonchev–Trinajstić information content (AvgIpc) is 2.97. The molecule has 0 aromatic heterocycles. The summed E-state index contributed by atoms with van der Waals surface area (Å²) in [5.41, 5.74) is 5.90. The number of likely N-dealkylation sites (N-methyl/N-ethyl adjacent to an activating group) is 1. The van der Waals surface area contributed by atoms with Crippen molar-refractivity contribution in [3.8, 4) is 11.5 Å². The van der Waals surface area contributed by atoms with Gasteiger partial charge in [0.15, 0.2) is 11.6 Å². The van der Waals surface area contributed by atoms with E-state index in [9.17, 15) is 24.6 Å². The van der Waals surface area contributed by atoms with E-state index < -0.39 is 46.2 Å². The number of carbonyl (C=O) groups is 3. The molecule has 1 saturated heterocycles. The summed E-state index contributed by atoms with van der Waals surface area (Å²) in [6.45, 7) is 3.58. The summed E-state index contributed by atoms with van der Waals surface area (Å²) in [5.74, 6) is -2.96. The van der Waals surface area contributed by atoms with Gasteiger partial charge in [0.1, 0.15) is 28.6 Å². The number of rotatable bonds is 6. The molecule has 0 unspecified atom stereocenters. The zero-order chi connectivity index (χ0) is 30.6. The Morgan fingerprint density at radius 3 is 2.53 bits per heavy atom. The Hall–Kier alpha value is -3.99. The number of primary amides is 1. The van der Waals surface area contributed by atoms with Crippen LogP contribution >= 0.6 is 0 Å². The third-order valence-electron chi connectivity index (χ3n) is 9.53. The van der Waals surface area contributed by atoms with Crippen molar-refractivity contribution in [1.29, 1.82) is 0 Å². The highest BCUT2D eigenvalue weighted by molar-refractivity contribution is 6.22. The van der Waals surface area contributed by atoms with Crippen LogP contribution in [0.5, 0.6) is 11.5 Å². The second-order valence-corrected chi connectivity index (χ2v) is 12.3. The van der Waals surface area contributed by atoms with E-state index in [0.29, 0.717) is 37.3 Å². The van der Waals surface area contributed by atoms with E-state index in [4.69, 9.17) is 15.3 Å². The number of hydroxylamine groups is 2. The van der Waals surface area contributed by atoms with E-state index >= 15 is 0 Å². The van der Waals surface area contributed by atoms with Gasteiger partial charge >= 0.3 is 0 Å². The predicted molar refractivity (Wildman–Crippen MR) is 157 cm³/mol. The van der Waals surface area contributed by atoms with Crippen LogP contribution in [-0.2, 0) is 27.4 Å². The number of fused-ring (bicyclic) bond motifs is 3. The lowest BCUT2D eigenvalue weighted by atomic mass is 9.54. The summed E-state index contributed by atoms with van der Waals surface area (Å²) in [6, 6.07) is 11.4. The van der Waals surface area contributed by atoms with Crippen LogP contribution in [-0.4, -0.2) is 70.9 Å². The number of ether oxygens (including phenoxy) is 1. The van der Waals surface area contributed by atoms with Crippen molar-refractivity contribution in [2.45, 2.75) is 45.2 Å². The lowest BCUT2D eigenvalue weighted by Gasteiger charge is -2.52. The monoisotopic (exact) mass is 587 g/mol. The number of Topliss-reactive ketones (excluding diaryl/α,β-unsaturated/α-hetero) is 2. The summed E-state index contributed by atoms with van der Waals surface area (Å²) >= 11 is 0. The Morgan fingerprint density at radius 1 is 1.14 bits per heavy atom. The molecule has 2 aromatic carbocycles. The Labute approximate surface area is 250 Å². The van der Waals surface area contributed by atoms with Crippen molar-refractivity contribution in [1.82, 2.24) is 9.96 Å². The van der Waals surface area contributed by atoms with E-state index in [-0.39, 0.29) is 23.0 Å². The summed E-state index contributed by atoms with van der Waals surface area (Å²) in [7, 11) is 3.49. The van der Waals surface area contributed by atoms with Crippen LogP contribution < -0.4 is 10.5 Å². The number of amides is 1. The smallest absolute Gasteiger partial charge is 0.255 e. The Balaban J connectivity index is 1.57. The largest absolute Gasteiger partial charge is 0.510 e. The van der Waals surface area contributed by atoms with Gasteiger partial charge in [-0.25, -0.2) is 0 Å². The standard InChI is InChI=1S/C33H37N3O7/c1-33-22(27(35(2)3)29(39)26(30(33)40)32(34)41)16-19-15-21-18(17-36-13-7-8-14-42-36)11-12-23(37)25(21)28(38)24(19)31(33)43-20-9-5-4-6-10-20/h4-6,9-12,19,22,27,37,40H,7-8,13-17H2,1-3H3,(H2,34,41)/t19-,22-,27-,33-/m0/s1. The second-order valence-electron chi connectivity index (χ2n) is 12.3. The molecule has 1 fully saturated rings. The van der Waals surface area contributed by atoms with Crippen molar-refractivity contribution in [2.24, 2.45) is 23.0 Å². The molecule has 1 aliphatic heterocycles. The molecular formula is C33H37N3O7. The molecule has 6 rings (SSSR count). The molecule has 1 heterocycles. The number of benzene rings is 2. The van der Waals surface area contributed by atoms with Gasteiger partial charge in [-0.05, 0) is 81.9 Å². The number of nitrogens with two attached hydrogens (primary N) is 1. The molecule has 0 bridgehead atoms. The molecule has 4 atom stereocenters. The van der Waals surface area contributed by atoms with Crippen molar-refractivity contribution in [2.75, 3.05) is 27.2 Å². The number of allylic oxidation sites excluding steroid dienone is 1. The van der Waals surface area contributed by atoms with Crippen LogP contribution in [0.4, 0.5) is 0 Å². The lowest BCUT2D eigenvalue weighted by molar-refractivity contribution is -0.187. The number of aliphatic hydroxyl groups is 1. The van der Waals surface area contributed by atoms with Gasteiger partial charge < -0.3 is 20.7 Å². The highest BCUT2D eigenvalue weighted by Gasteiger charge is 2.61. The van der Waals surface area contributed by atoms with Gasteiger partial charge in [0.25, 0.3) is 5.91 Å². The first-order valence-electron chi connectivity index (χ1n) is 14.7. The van der Waals surface area contributed by atoms with Gasteiger partial charge in [0.2, 0.25) is 0 Å². The number of aliphatic hydroxyl groups excluding tert-OH is 1. The predicted octanol–water partition coefficient (Wildman–Crippen LogP) is 3.44. The Bertz CT molecular complexity index is 1560. The zero-order valence-corrected chi connectivity index (χ0v) is 24.6. The van der Waals surface area contributed by atoms with Gasteiger partial charge in [0.05, 0.1) is 23.6 Å². The molecule has 226 valence electrons. The molecule has 0 spiro atoms. The molecule has 0 saturated carbocycles. The fourth-order valence-corrected chi connectivity index (χ4v) is 7.46. The number of para-hydroxylation sites is 1. The maximum Gasteiger partial charge on any atom is 0.255 e. The fraction of sp³-hybridized carbons (Fsp3) is 0.424. The average molecular weight is 588 g/mol. The molecule has 43 heavy (non-hydrogen) atoms. The topological polar surface area (TPSA) is 143 Å². The van der Waals surface area contributed by atoms with Crippen LogP contribution in [0.1, 0.15) is 47.7 Å². The van der Waals surface area contributed by atoms with Gasteiger partial charge in [-0.3, -0.25) is 24.1 Å². The van der Waals surface area contributed by atoms with Crippen LogP contribution in [0.25, 0.3) is 0 Å². The molecule has 10 heteroatoms. The van der Waals surface area contributed by atoms with Gasteiger partial charge in [-0.2, -0.15) is 5.06 Å². The molecule has 2 aromatic rings. The fourth-order valence-electron chi connectivity index (χ4n) is 7.46. The van der Waals surface area contributed by atoms with E-state index in [1.54, 1.807) is 50.2 Å². The van der Waals surface area contributed by atoms with E-state index in [1.807, 2.05) is 17.2 Å². The van der Waals surface area contributed by atoms with Crippen LogP contribution in [0.2, 0.25) is 0 Å². The van der Waals surface area contributed by atoms with Gasteiger partial charge in [-0.15, -0.1) is 0 Å². The van der Waals surface area contributed by atoms with E-state index in [2.05, 4.69) is 0 Å². The maximum atomic E-state index is 14.5. The van der Waals surface area contributed by atoms with Crippen molar-refractivity contribution in [3.63, 3.8) is 0 Å².